The lowest BCUT2D eigenvalue weighted by molar-refractivity contribution is 0.0198. The van der Waals surface area contributed by atoms with Crippen LogP contribution in [-0.4, -0.2) is 47.4 Å². The van der Waals surface area contributed by atoms with Crippen LogP contribution in [0.1, 0.15) is 65.0 Å². The fraction of sp³-hybridized carbons (Fsp3) is 0.379. The van der Waals surface area contributed by atoms with Gasteiger partial charge in [-0.1, -0.05) is 45.8 Å². The number of methoxy groups -OCH3 is 1. The van der Waals surface area contributed by atoms with Crippen molar-refractivity contribution in [2.45, 2.75) is 62.4 Å². The minimum absolute atomic E-state index is 0.000582. The first-order chi connectivity index (χ1) is 20.2. The van der Waals surface area contributed by atoms with Gasteiger partial charge in [0.25, 0.3) is 0 Å². The molecule has 0 spiro atoms. The molecule has 13 heteroatoms. The summed E-state index contributed by atoms with van der Waals surface area (Å²) in [5, 5.41) is 5.16. The van der Waals surface area contributed by atoms with Gasteiger partial charge in [-0.15, -0.1) is 0 Å². The van der Waals surface area contributed by atoms with E-state index in [9.17, 15) is 14.0 Å². The quantitative estimate of drug-likeness (QED) is 0.201. The van der Waals surface area contributed by atoms with Crippen LogP contribution in [-0.2, 0) is 15.1 Å². The van der Waals surface area contributed by atoms with Gasteiger partial charge in [0.1, 0.15) is 22.9 Å². The van der Waals surface area contributed by atoms with Crippen molar-refractivity contribution in [1.29, 1.82) is 0 Å². The largest absolute Gasteiger partial charge is 0.465 e. The first kappa shape index (κ1) is 27.5. The number of nitrogens with zero attached hydrogens (tertiary/aromatic N) is 3. The number of hydrogen-bond donors (Lipinski definition) is 0. The number of piperidine rings is 1. The predicted octanol–water partition coefficient (Wildman–Crippen LogP) is 7.50. The fourth-order valence-corrected chi connectivity index (χ4v) is 7.83. The molecule has 1 saturated carbocycles. The number of aromatic nitrogens is 2. The van der Waals surface area contributed by atoms with Crippen molar-refractivity contribution in [3.63, 3.8) is 0 Å². The fourth-order valence-electron chi connectivity index (χ4n) is 6.09. The van der Waals surface area contributed by atoms with Gasteiger partial charge in [-0.05, 0) is 49.9 Å². The number of halogens is 4. The summed E-state index contributed by atoms with van der Waals surface area (Å²) in [4.78, 5) is 32.3. The second-order valence-corrected chi connectivity index (χ2v) is 12.7. The highest BCUT2D eigenvalue weighted by molar-refractivity contribution is 7.22. The summed E-state index contributed by atoms with van der Waals surface area (Å²) in [7, 11) is 1.25. The van der Waals surface area contributed by atoms with Gasteiger partial charge in [0.15, 0.2) is 22.4 Å². The molecule has 2 saturated heterocycles. The minimum Gasteiger partial charge on any atom is -0.465 e. The van der Waals surface area contributed by atoms with Gasteiger partial charge in [0.05, 0.1) is 27.4 Å². The molecule has 2 aromatic heterocycles. The maximum absolute atomic E-state index is 15.3. The molecule has 0 N–H and O–H groups in total. The molecule has 2 aromatic carbocycles. The van der Waals surface area contributed by atoms with E-state index in [-0.39, 0.29) is 68.6 Å². The Kier molecular flexibility index (Phi) is 6.67. The molecule has 4 heterocycles. The van der Waals surface area contributed by atoms with E-state index in [0.29, 0.717) is 22.7 Å². The van der Waals surface area contributed by atoms with Gasteiger partial charge in [-0.25, -0.2) is 23.4 Å². The highest BCUT2D eigenvalue weighted by Crippen LogP contribution is 2.53. The molecule has 218 valence electrons. The molecule has 4 aromatic rings. The number of esters is 2. The predicted molar refractivity (Wildman–Crippen MR) is 153 cm³/mol. The van der Waals surface area contributed by atoms with Gasteiger partial charge in [0, 0.05) is 30.5 Å². The first-order valence-electron chi connectivity index (χ1n) is 13.5. The molecule has 8 nitrogen and oxygen atoms in total. The van der Waals surface area contributed by atoms with Gasteiger partial charge in [-0.2, -0.15) is 0 Å². The summed E-state index contributed by atoms with van der Waals surface area (Å²) in [5.41, 5.74) is -1.23. The van der Waals surface area contributed by atoms with Crippen molar-refractivity contribution in [3.8, 4) is 11.3 Å². The Morgan fingerprint density at radius 3 is 2.45 bits per heavy atom. The molecule has 2 bridgehead atoms. The smallest absolute Gasteiger partial charge is 0.344 e. The van der Waals surface area contributed by atoms with Crippen molar-refractivity contribution in [3.05, 3.63) is 63.1 Å². The van der Waals surface area contributed by atoms with E-state index in [1.54, 1.807) is 24.3 Å². The van der Waals surface area contributed by atoms with Crippen molar-refractivity contribution in [1.82, 2.24) is 10.1 Å². The zero-order valence-electron chi connectivity index (χ0n) is 22.2. The van der Waals surface area contributed by atoms with Crippen LogP contribution in [0.25, 0.3) is 21.5 Å². The van der Waals surface area contributed by atoms with Gasteiger partial charge < -0.3 is 18.9 Å². The number of anilines is 1. The summed E-state index contributed by atoms with van der Waals surface area (Å²) in [6.45, 7) is 0. The number of carbonyl (C=O) groups excluding carboxylic acids is 2. The third-order valence-corrected chi connectivity index (χ3v) is 9.88. The van der Waals surface area contributed by atoms with Crippen LogP contribution in [0.15, 0.2) is 34.9 Å². The standard InChI is InChI=1S/C29H23Cl2F2N3O5S/c1-39-26(37)13-9-19(32)23-20(10-13)42-28(34-23)36-14-5-6-15(36)12-16(11-14)40-27(38)22-24(21-17(30)3-2-4-18(21)31)35-41-25(22)29(33)7-8-29/h2-4,9-10,14-16H,5-8,11-12H2,1H3/t14-,15+,16+. The number of hydrogen-bond acceptors (Lipinski definition) is 9. The van der Waals surface area contributed by atoms with Crippen molar-refractivity contribution in [2.75, 3.05) is 12.0 Å². The highest BCUT2D eigenvalue weighted by atomic mass is 35.5. The maximum Gasteiger partial charge on any atom is 0.344 e. The third-order valence-electron chi connectivity index (χ3n) is 8.23. The second kappa shape index (κ2) is 10.2. The first-order valence-corrected chi connectivity index (χ1v) is 15.0. The van der Waals surface area contributed by atoms with Gasteiger partial charge in [0.2, 0.25) is 0 Å². The normalized spacial score (nSPS) is 22.4. The molecule has 7 rings (SSSR count). The van der Waals surface area contributed by atoms with Crippen LogP contribution in [0.3, 0.4) is 0 Å². The van der Waals surface area contributed by atoms with E-state index < -0.39 is 29.5 Å². The number of benzene rings is 2. The topological polar surface area (TPSA) is 94.8 Å². The van der Waals surface area contributed by atoms with Crippen molar-refractivity contribution >= 4 is 61.8 Å². The lowest BCUT2D eigenvalue weighted by Gasteiger charge is -2.38. The monoisotopic (exact) mass is 633 g/mol. The van der Waals surface area contributed by atoms with Crippen molar-refractivity contribution in [2.24, 2.45) is 0 Å². The maximum atomic E-state index is 15.3. The SMILES string of the molecule is COC(=O)c1cc(F)c2nc(N3[C@@H]4CC[C@H]3C[C@@H](OC(=O)c3c(-c5c(Cl)cccc5Cl)noc3C3(F)CC3)C4)sc2c1. The summed E-state index contributed by atoms with van der Waals surface area (Å²) < 4.78 is 46.7. The minimum atomic E-state index is -1.79. The van der Waals surface area contributed by atoms with Crippen molar-refractivity contribution < 1.29 is 32.4 Å². The number of rotatable bonds is 6. The molecule has 3 fully saturated rings. The lowest BCUT2D eigenvalue weighted by Crippen LogP contribution is -2.46. The molecule has 0 amide bonds. The molecule has 3 aliphatic rings. The van der Waals surface area contributed by atoms with Crippen LogP contribution >= 0.6 is 34.5 Å². The molecule has 0 unspecified atom stereocenters. The Hall–Kier alpha value is -3.28. The van der Waals surface area contributed by atoms with E-state index in [4.69, 9.17) is 37.2 Å². The molecule has 42 heavy (non-hydrogen) atoms. The molecule has 1 aliphatic carbocycles. The molecular formula is C29H23Cl2F2N3O5S. The summed E-state index contributed by atoms with van der Waals surface area (Å²) in [5.74, 6) is -2.12. The Labute approximate surface area is 252 Å². The van der Waals surface area contributed by atoms with Crippen LogP contribution in [0.2, 0.25) is 10.0 Å². The third kappa shape index (κ3) is 4.53. The second-order valence-electron chi connectivity index (χ2n) is 10.9. The summed E-state index contributed by atoms with van der Waals surface area (Å²) >= 11 is 14.1. The average molecular weight is 634 g/mol. The number of carbonyl (C=O) groups is 2. The molecule has 0 radical (unpaired) electrons. The summed E-state index contributed by atoms with van der Waals surface area (Å²) in [6.07, 6.45) is 2.69. The lowest BCUT2D eigenvalue weighted by atomic mass is 9.99. The average Bonchev–Trinajstić information content (AvgIpc) is 3.26. The van der Waals surface area contributed by atoms with E-state index in [0.717, 1.165) is 18.9 Å². The Morgan fingerprint density at radius 1 is 1.12 bits per heavy atom. The van der Waals surface area contributed by atoms with E-state index in [1.807, 2.05) is 0 Å². The van der Waals surface area contributed by atoms with Crippen LogP contribution in [0.5, 0.6) is 0 Å². The van der Waals surface area contributed by atoms with Crippen LogP contribution < -0.4 is 4.90 Å². The number of thiazole rings is 1. The highest BCUT2D eigenvalue weighted by Gasteiger charge is 2.53. The zero-order chi connectivity index (χ0) is 29.3. The van der Waals surface area contributed by atoms with E-state index >= 15 is 4.39 Å². The molecule has 2 aliphatic heterocycles. The van der Waals surface area contributed by atoms with Gasteiger partial charge in [-0.3, -0.25) is 0 Å². The van der Waals surface area contributed by atoms with E-state index in [1.165, 1.54) is 18.4 Å². The number of alkyl halides is 1. The number of fused-ring (bicyclic) bond motifs is 3. The Bertz CT molecular complexity index is 1720. The van der Waals surface area contributed by atoms with E-state index in [2.05, 4.69) is 15.0 Å². The van der Waals surface area contributed by atoms with Gasteiger partial charge >= 0.3 is 11.9 Å². The van der Waals surface area contributed by atoms with Crippen LogP contribution in [0.4, 0.5) is 13.9 Å². The Balaban J connectivity index is 1.15. The zero-order valence-corrected chi connectivity index (χ0v) is 24.5. The number of ether oxygens (including phenoxy) is 2. The summed E-state index contributed by atoms with van der Waals surface area (Å²) in [6, 6.07) is 7.58. The van der Waals surface area contributed by atoms with Crippen LogP contribution in [0, 0.1) is 5.82 Å². The molecule has 3 atom stereocenters. The Morgan fingerprint density at radius 2 is 1.81 bits per heavy atom. The molecular weight excluding hydrogens is 611 g/mol.